The van der Waals surface area contributed by atoms with Crippen molar-refractivity contribution in [3.05, 3.63) is 29.8 Å². The minimum Gasteiger partial charge on any atom is -0.497 e. The summed E-state index contributed by atoms with van der Waals surface area (Å²) in [6.45, 7) is 5.57. The van der Waals surface area contributed by atoms with Crippen molar-refractivity contribution in [3.63, 3.8) is 0 Å². The van der Waals surface area contributed by atoms with Crippen molar-refractivity contribution in [2.75, 3.05) is 7.11 Å². The molecule has 0 aliphatic carbocycles. The molecule has 0 fully saturated rings. The summed E-state index contributed by atoms with van der Waals surface area (Å²) < 4.78 is 9.56. The number of hydrogen-bond acceptors (Lipinski definition) is 6. The minimum absolute atomic E-state index is 0.435. The fourth-order valence-electron chi connectivity index (χ4n) is 1.12. The highest BCUT2D eigenvalue weighted by atomic mass is 16.6. The van der Waals surface area contributed by atoms with Crippen LogP contribution in [0.4, 0.5) is 4.79 Å². The van der Waals surface area contributed by atoms with Gasteiger partial charge in [-0.2, -0.15) is 0 Å². The van der Waals surface area contributed by atoms with Gasteiger partial charge in [0.1, 0.15) is 11.4 Å². The molecule has 0 atom stereocenters. The van der Waals surface area contributed by atoms with E-state index in [0.717, 1.165) is 11.3 Å². The van der Waals surface area contributed by atoms with Crippen LogP contribution in [0.5, 0.6) is 5.75 Å². The van der Waals surface area contributed by atoms with Crippen LogP contribution in [-0.2, 0) is 16.2 Å². The number of methoxy groups -OCH3 is 1. The first-order valence-electron chi connectivity index (χ1n) is 5.90. The van der Waals surface area contributed by atoms with Gasteiger partial charge in [0.2, 0.25) is 0 Å². The summed E-state index contributed by atoms with van der Waals surface area (Å²) in [7, 11) is 1.63. The number of hydroxylamine groups is 1. The molecule has 7 nitrogen and oxygen atoms in total. The topological polar surface area (TPSA) is 103 Å². The molecule has 0 heterocycles. The zero-order chi connectivity index (χ0) is 15.6. The predicted octanol–water partition coefficient (Wildman–Crippen LogP) is 1.99. The largest absolute Gasteiger partial charge is 0.497 e. The highest BCUT2D eigenvalue weighted by Gasteiger charge is 2.14. The molecule has 0 aromatic heterocycles. The summed E-state index contributed by atoms with van der Waals surface area (Å²) in [4.78, 5) is 14.7. The first-order chi connectivity index (χ1) is 9.32. The number of carbonyl (C=O) groups is 1. The van der Waals surface area contributed by atoms with Crippen LogP contribution in [0.3, 0.4) is 0 Å². The van der Waals surface area contributed by atoms with E-state index in [0.29, 0.717) is 6.61 Å². The summed E-state index contributed by atoms with van der Waals surface area (Å²) in [5.41, 5.74) is 1.85. The zero-order valence-electron chi connectivity index (χ0n) is 12.2. The second-order valence-electron chi connectivity index (χ2n) is 4.77. The Bertz CT molecular complexity index is 387. The van der Waals surface area contributed by atoms with Crippen molar-refractivity contribution < 1.29 is 24.3 Å². The van der Waals surface area contributed by atoms with E-state index in [1.165, 1.54) is 5.48 Å². The van der Waals surface area contributed by atoms with E-state index < -0.39 is 11.7 Å². The molecule has 114 valence electrons. The number of benzene rings is 1. The molecule has 1 amide bonds. The molecule has 1 rings (SSSR count). The van der Waals surface area contributed by atoms with Gasteiger partial charge in [0.05, 0.1) is 13.7 Å². The molecule has 0 aliphatic rings. The van der Waals surface area contributed by atoms with Gasteiger partial charge in [0.25, 0.3) is 0 Å². The van der Waals surface area contributed by atoms with Gasteiger partial charge in [-0.1, -0.05) is 12.1 Å². The molecule has 1 aromatic carbocycles. The lowest BCUT2D eigenvalue weighted by atomic mass is 10.2. The van der Waals surface area contributed by atoms with Gasteiger partial charge >= 0.3 is 6.09 Å². The maximum absolute atomic E-state index is 10.2. The van der Waals surface area contributed by atoms with Crippen molar-refractivity contribution in [2.45, 2.75) is 33.0 Å². The van der Waals surface area contributed by atoms with Crippen LogP contribution in [0.1, 0.15) is 26.3 Å². The molecule has 20 heavy (non-hydrogen) atoms. The third-order valence-electron chi connectivity index (χ3n) is 1.90. The average molecular weight is 286 g/mol. The van der Waals surface area contributed by atoms with Crippen molar-refractivity contribution in [2.24, 2.45) is 5.90 Å². The van der Waals surface area contributed by atoms with Crippen LogP contribution in [0.2, 0.25) is 0 Å². The number of ether oxygens (including phenoxy) is 2. The van der Waals surface area contributed by atoms with Crippen molar-refractivity contribution in [3.8, 4) is 5.75 Å². The lowest BCUT2D eigenvalue weighted by Crippen LogP contribution is -2.30. The Balaban J connectivity index is 0.000000370. The van der Waals surface area contributed by atoms with E-state index in [1.807, 2.05) is 24.3 Å². The third-order valence-corrected chi connectivity index (χ3v) is 1.90. The minimum atomic E-state index is -0.831. The number of carbonyl (C=O) groups excluding carboxylic acids is 1. The number of nitrogens with one attached hydrogen (secondary N) is 1. The molecule has 0 radical (unpaired) electrons. The van der Waals surface area contributed by atoms with E-state index >= 15 is 0 Å². The van der Waals surface area contributed by atoms with E-state index in [-0.39, 0.29) is 0 Å². The van der Waals surface area contributed by atoms with Crippen molar-refractivity contribution in [1.29, 1.82) is 0 Å². The normalized spacial score (nSPS) is 10.1. The molecule has 0 saturated heterocycles. The van der Waals surface area contributed by atoms with Crippen LogP contribution in [0.25, 0.3) is 0 Å². The fraction of sp³-hybridized carbons (Fsp3) is 0.462. The summed E-state index contributed by atoms with van der Waals surface area (Å²) in [6, 6.07) is 7.56. The summed E-state index contributed by atoms with van der Waals surface area (Å²) in [5, 5.41) is 7.97. The highest BCUT2D eigenvalue weighted by Crippen LogP contribution is 2.11. The second kappa shape index (κ2) is 9.13. The smallest absolute Gasteiger partial charge is 0.431 e. The molecule has 0 unspecified atom stereocenters. The van der Waals surface area contributed by atoms with Gasteiger partial charge in [-0.25, -0.2) is 16.2 Å². The molecule has 0 spiro atoms. The maximum atomic E-state index is 10.2. The van der Waals surface area contributed by atoms with E-state index in [1.54, 1.807) is 27.9 Å². The average Bonchev–Trinajstić information content (AvgIpc) is 2.39. The Kier molecular flexibility index (Phi) is 8.30. The molecular formula is C13H22N2O5. The Morgan fingerprint density at radius 2 is 1.85 bits per heavy atom. The van der Waals surface area contributed by atoms with E-state index in [4.69, 9.17) is 15.8 Å². The third kappa shape index (κ3) is 9.15. The lowest BCUT2D eigenvalue weighted by molar-refractivity contribution is 0.0229. The summed E-state index contributed by atoms with van der Waals surface area (Å²) in [6.07, 6.45) is -0.831. The maximum Gasteiger partial charge on any atom is 0.431 e. The molecule has 0 aliphatic heterocycles. The molecule has 0 bridgehead atoms. The van der Waals surface area contributed by atoms with Gasteiger partial charge < -0.3 is 9.47 Å². The van der Waals surface area contributed by atoms with Gasteiger partial charge in [-0.05, 0) is 38.5 Å². The van der Waals surface area contributed by atoms with Crippen molar-refractivity contribution >= 4 is 6.09 Å². The standard InChI is InChI=1S/C8H11NO2.C5H11NO3/c1-10-8-4-2-7(3-5-8)6-11-9;1-5(2,3)9-4(7)6-8/h2-5H,6,9H2,1H3;8H,1-3H3,(H,6,7). The Morgan fingerprint density at radius 1 is 1.30 bits per heavy atom. The SMILES string of the molecule is CC(C)(C)OC(=O)NO.COc1ccc(CON)cc1. The zero-order valence-corrected chi connectivity index (χ0v) is 12.2. The molecule has 1 aromatic rings. The summed E-state index contributed by atoms with van der Waals surface area (Å²) >= 11 is 0. The van der Waals surface area contributed by atoms with Crippen LogP contribution in [-0.4, -0.2) is 24.0 Å². The van der Waals surface area contributed by atoms with Crippen LogP contribution in [0, 0.1) is 0 Å². The number of amides is 1. The quantitative estimate of drug-likeness (QED) is 0.580. The van der Waals surface area contributed by atoms with Gasteiger partial charge in [0.15, 0.2) is 0 Å². The monoisotopic (exact) mass is 286 g/mol. The Labute approximate surface area is 118 Å². The van der Waals surface area contributed by atoms with Crippen LogP contribution in [0.15, 0.2) is 24.3 Å². The lowest BCUT2D eigenvalue weighted by Gasteiger charge is -2.17. The van der Waals surface area contributed by atoms with Gasteiger partial charge in [0, 0.05) is 0 Å². The number of hydrogen-bond donors (Lipinski definition) is 3. The van der Waals surface area contributed by atoms with Gasteiger partial charge in [-0.3, -0.25) is 10.0 Å². The molecule has 4 N–H and O–H groups in total. The predicted molar refractivity (Wildman–Crippen MR) is 73.1 cm³/mol. The van der Waals surface area contributed by atoms with Crippen molar-refractivity contribution in [1.82, 2.24) is 5.48 Å². The summed E-state index contributed by atoms with van der Waals surface area (Å²) in [5.74, 6) is 5.74. The molecule has 0 saturated carbocycles. The Morgan fingerprint density at radius 3 is 2.15 bits per heavy atom. The number of rotatable bonds is 3. The fourth-order valence-corrected chi connectivity index (χ4v) is 1.12. The van der Waals surface area contributed by atoms with Crippen LogP contribution >= 0.6 is 0 Å². The van der Waals surface area contributed by atoms with E-state index in [9.17, 15) is 4.79 Å². The first kappa shape index (κ1) is 18.2. The number of nitrogens with two attached hydrogens (primary N) is 1. The molecule has 7 heteroatoms. The van der Waals surface area contributed by atoms with E-state index in [2.05, 4.69) is 9.57 Å². The highest BCUT2D eigenvalue weighted by molar-refractivity contribution is 5.65. The molecular weight excluding hydrogens is 264 g/mol. The van der Waals surface area contributed by atoms with Crippen LogP contribution < -0.4 is 16.1 Å². The first-order valence-corrected chi connectivity index (χ1v) is 5.90. The van der Waals surface area contributed by atoms with Gasteiger partial charge in [-0.15, -0.1) is 0 Å². The second-order valence-corrected chi connectivity index (χ2v) is 4.77. The Hall–Kier alpha value is -1.83.